The molecule has 1 aromatic carbocycles. The Hall–Kier alpha value is -2.90. The first-order chi connectivity index (χ1) is 9.58. The number of imidazole rings is 1. The quantitative estimate of drug-likeness (QED) is 0.709. The maximum atomic E-state index is 12.0. The lowest BCUT2D eigenvalue weighted by Gasteiger charge is -2.05. The highest BCUT2D eigenvalue weighted by molar-refractivity contribution is 6.01. The van der Waals surface area contributed by atoms with Gasteiger partial charge in [-0.05, 0) is 12.1 Å². The van der Waals surface area contributed by atoms with Crippen molar-refractivity contribution in [3.8, 4) is 0 Å². The Balaban J connectivity index is 2.24. The first-order valence-corrected chi connectivity index (χ1v) is 5.85. The third-order valence-corrected chi connectivity index (χ3v) is 3.13. The number of fused-ring (bicyclic) bond motifs is 1. The predicted molar refractivity (Wildman–Crippen MR) is 69.6 cm³/mol. The summed E-state index contributed by atoms with van der Waals surface area (Å²) >= 11 is 0. The molecule has 0 radical (unpaired) electrons. The van der Waals surface area contributed by atoms with Gasteiger partial charge in [-0.2, -0.15) is 0 Å². The van der Waals surface area contributed by atoms with E-state index in [1.165, 1.54) is 17.0 Å². The zero-order chi connectivity index (χ0) is 14.3. The van der Waals surface area contributed by atoms with Crippen molar-refractivity contribution in [2.75, 3.05) is 0 Å². The molecule has 2 aromatic heterocycles. The number of carboxylic acids is 1. The summed E-state index contributed by atoms with van der Waals surface area (Å²) in [5.41, 5.74) is 0.532. The number of carboxylic acid groups (broad SMARTS) is 1. The molecule has 0 bridgehead atoms. The molecule has 8 nitrogen and oxygen atoms in total. The molecule has 0 saturated carbocycles. The van der Waals surface area contributed by atoms with E-state index in [2.05, 4.69) is 15.2 Å². The highest BCUT2D eigenvalue weighted by atomic mass is 16.4. The van der Waals surface area contributed by atoms with Crippen LogP contribution >= 0.6 is 0 Å². The van der Waals surface area contributed by atoms with Crippen LogP contribution in [0.3, 0.4) is 0 Å². The van der Waals surface area contributed by atoms with Gasteiger partial charge in [-0.1, -0.05) is 6.07 Å². The molecule has 102 valence electrons. The number of nitrogens with one attached hydrogen (secondary N) is 1. The number of H-pyrrole nitrogens is 1. The van der Waals surface area contributed by atoms with Gasteiger partial charge in [-0.15, -0.1) is 10.2 Å². The van der Waals surface area contributed by atoms with Crippen LogP contribution in [-0.2, 0) is 13.6 Å². The van der Waals surface area contributed by atoms with Crippen LogP contribution in [0.1, 0.15) is 16.2 Å². The summed E-state index contributed by atoms with van der Waals surface area (Å²) in [6.07, 6.45) is 1.52. The SMILES string of the molecule is Cn1cnnc1Cn1c(=O)[nH]c2cccc(C(=O)O)c21. The molecule has 0 aliphatic heterocycles. The van der Waals surface area contributed by atoms with Crippen LogP contribution in [0.2, 0.25) is 0 Å². The van der Waals surface area contributed by atoms with Gasteiger partial charge in [0.15, 0.2) is 5.82 Å². The fourth-order valence-electron chi connectivity index (χ4n) is 2.13. The first kappa shape index (κ1) is 12.2. The summed E-state index contributed by atoms with van der Waals surface area (Å²) in [5.74, 6) is -0.519. The molecule has 0 aliphatic carbocycles. The molecule has 0 fully saturated rings. The van der Waals surface area contributed by atoms with Crippen molar-refractivity contribution in [3.63, 3.8) is 0 Å². The molecule has 2 heterocycles. The van der Waals surface area contributed by atoms with Gasteiger partial charge in [0.05, 0.1) is 23.1 Å². The van der Waals surface area contributed by atoms with Crippen LogP contribution in [0, 0.1) is 0 Å². The van der Waals surface area contributed by atoms with Gasteiger partial charge in [-0.25, -0.2) is 9.59 Å². The standard InChI is InChI=1S/C12H11N5O3/c1-16-6-13-15-9(16)5-17-10-7(11(18)19)3-2-4-8(10)14-12(17)20/h2-4,6H,5H2,1H3,(H,14,20)(H,18,19). The molecule has 0 amide bonds. The van der Waals surface area contributed by atoms with Crippen molar-refractivity contribution in [2.24, 2.45) is 7.05 Å². The molecule has 0 atom stereocenters. The molecule has 20 heavy (non-hydrogen) atoms. The molecule has 0 saturated heterocycles. The monoisotopic (exact) mass is 273 g/mol. The number of carbonyl (C=O) groups is 1. The topological polar surface area (TPSA) is 106 Å². The summed E-state index contributed by atoms with van der Waals surface area (Å²) in [5, 5.41) is 16.9. The normalized spacial score (nSPS) is 11.1. The van der Waals surface area contributed by atoms with Crippen molar-refractivity contribution >= 4 is 17.0 Å². The Bertz CT molecular complexity index is 857. The summed E-state index contributed by atoms with van der Waals surface area (Å²) in [6, 6.07) is 4.72. The molecule has 0 unspecified atom stereocenters. The van der Waals surface area contributed by atoms with Gasteiger partial charge in [0.2, 0.25) is 0 Å². The minimum atomic E-state index is -1.08. The number of aromatic amines is 1. The summed E-state index contributed by atoms with van der Waals surface area (Å²) in [7, 11) is 1.76. The molecule has 2 N–H and O–H groups in total. The number of rotatable bonds is 3. The van der Waals surface area contributed by atoms with E-state index in [1.54, 1.807) is 23.7 Å². The number of aromatic nitrogens is 5. The summed E-state index contributed by atoms with van der Waals surface area (Å²) in [4.78, 5) is 25.9. The first-order valence-electron chi connectivity index (χ1n) is 5.85. The van der Waals surface area contributed by atoms with E-state index in [4.69, 9.17) is 0 Å². The number of nitrogens with zero attached hydrogens (tertiary/aromatic N) is 4. The molecule has 0 spiro atoms. The Kier molecular flexibility index (Phi) is 2.63. The number of hydrogen-bond donors (Lipinski definition) is 2. The lowest BCUT2D eigenvalue weighted by Crippen LogP contribution is -2.20. The molecule has 3 aromatic rings. The predicted octanol–water partition coefficient (Wildman–Crippen LogP) is 0.205. The van der Waals surface area contributed by atoms with Gasteiger partial charge in [-0.3, -0.25) is 4.57 Å². The van der Waals surface area contributed by atoms with E-state index in [1.807, 2.05) is 0 Å². The Morgan fingerprint density at radius 1 is 1.45 bits per heavy atom. The molecule has 3 rings (SSSR count). The average Bonchev–Trinajstić information content (AvgIpc) is 2.94. The second-order valence-corrected chi connectivity index (χ2v) is 4.38. The van der Waals surface area contributed by atoms with E-state index in [0.29, 0.717) is 16.9 Å². The van der Waals surface area contributed by atoms with Gasteiger partial charge in [0.25, 0.3) is 0 Å². The largest absolute Gasteiger partial charge is 0.478 e. The Labute approximate surface area is 112 Å². The average molecular weight is 273 g/mol. The highest BCUT2D eigenvalue weighted by Crippen LogP contribution is 2.16. The summed E-state index contributed by atoms with van der Waals surface area (Å²) < 4.78 is 3.03. The van der Waals surface area contributed by atoms with Crippen molar-refractivity contribution in [1.29, 1.82) is 0 Å². The van der Waals surface area contributed by atoms with Gasteiger partial charge >= 0.3 is 11.7 Å². The second kappa shape index (κ2) is 4.34. The Morgan fingerprint density at radius 3 is 2.90 bits per heavy atom. The number of benzene rings is 1. The third kappa shape index (κ3) is 1.78. The van der Waals surface area contributed by atoms with E-state index in [0.717, 1.165) is 0 Å². The van der Waals surface area contributed by atoms with Crippen LogP contribution < -0.4 is 5.69 Å². The number of aryl methyl sites for hydroxylation is 1. The van der Waals surface area contributed by atoms with Crippen LogP contribution in [-0.4, -0.2) is 35.4 Å². The lowest BCUT2D eigenvalue weighted by molar-refractivity contribution is 0.0698. The molecular formula is C12H11N5O3. The highest BCUT2D eigenvalue weighted by Gasteiger charge is 2.16. The minimum Gasteiger partial charge on any atom is -0.478 e. The maximum absolute atomic E-state index is 12.0. The fourth-order valence-corrected chi connectivity index (χ4v) is 2.13. The van der Waals surface area contributed by atoms with Gasteiger partial charge < -0.3 is 14.7 Å². The van der Waals surface area contributed by atoms with Crippen LogP contribution in [0.5, 0.6) is 0 Å². The van der Waals surface area contributed by atoms with Crippen LogP contribution in [0.4, 0.5) is 0 Å². The van der Waals surface area contributed by atoms with Crippen LogP contribution in [0.15, 0.2) is 29.3 Å². The van der Waals surface area contributed by atoms with Gasteiger partial charge in [0.1, 0.15) is 6.33 Å². The smallest absolute Gasteiger partial charge is 0.337 e. The molecule has 0 aliphatic rings. The zero-order valence-corrected chi connectivity index (χ0v) is 10.6. The van der Waals surface area contributed by atoms with Crippen molar-refractivity contribution in [1.82, 2.24) is 24.3 Å². The molecule has 8 heteroatoms. The third-order valence-electron chi connectivity index (χ3n) is 3.13. The number of hydrogen-bond acceptors (Lipinski definition) is 4. The van der Waals surface area contributed by atoms with E-state index in [-0.39, 0.29) is 17.8 Å². The zero-order valence-electron chi connectivity index (χ0n) is 10.6. The number of para-hydroxylation sites is 1. The fraction of sp³-hybridized carbons (Fsp3) is 0.167. The van der Waals surface area contributed by atoms with Gasteiger partial charge in [0, 0.05) is 7.05 Å². The van der Waals surface area contributed by atoms with Crippen molar-refractivity contribution < 1.29 is 9.90 Å². The van der Waals surface area contributed by atoms with Crippen LogP contribution in [0.25, 0.3) is 11.0 Å². The lowest BCUT2D eigenvalue weighted by atomic mass is 10.2. The summed E-state index contributed by atoms with van der Waals surface area (Å²) in [6.45, 7) is 0.152. The van der Waals surface area contributed by atoms with E-state index in [9.17, 15) is 14.7 Å². The van der Waals surface area contributed by atoms with E-state index < -0.39 is 5.97 Å². The van der Waals surface area contributed by atoms with Crippen molar-refractivity contribution in [2.45, 2.75) is 6.54 Å². The minimum absolute atomic E-state index is 0.0722. The molecular weight excluding hydrogens is 262 g/mol. The van der Waals surface area contributed by atoms with Crippen molar-refractivity contribution in [3.05, 3.63) is 46.4 Å². The van der Waals surface area contributed by atoms with E-state index >= 15 is 0 Å². The maximum Gasteiger partial charge on any atom is 0.337 e. The Morgan fingerprint density at radius 2 is 2.25 bits per heavy atom. The second-order valence-electron chi connectivity index (χ2n) is 4.38. The number of aromatic carboxylic acids is 1.